The highest BCUT2D eigenvalue weighted by Crippen LogP contribution is 2.35. The zero-order valence-electron chi connectivity index (χ0n) is 13.1. The molecule has 0 radical (unpaired) electrons. The van der Waals surface area contributed by atoms with Gasteiger partial charge in [0.2, 0.25) is 0 Å². The fourth-order valence-corrected chi connectivity index (χ4v) is 3.24. The molecular weight excluding hydrogens is 276 g/mol. The van der Waals surface area contributed by atoms with E-state index in [4.69, 9.17) is 5.73 Å². The Kier molecular flexibility index (Phi) is 4.76. The fourth-order valence-electron chi connectivity index (χ4n) is 2.23. The second-order valence-electron chi connectivity index (χ2n) is 5.34. The summed E-state index contributed by atoms with van der Waals surface area (Å²) in [6.45, 7) is 8.14. The van der Waals surface area contributed by atoms with Gasteiger partial charge in [-0.25, -0.2) is 4.98 Å². The average molecular weight is 298 g/mol. The molecule has 2 rings (SSSR count). The first-order valence-electron chi connectivity index (χ1n) is 7.10. The van der Waals surface area contributed by atoms with Crippen molar-refractivity contribution in [1.29, 1.82) is 0 Å². The van der Waals surface area contributed by atoms with Gasteiger partial charge in [0.1, 0.15) is 5.01 Å². The van der Waals surface area contributed by atoms with E-state index in [9.17, 15) is 0 Å². The molecule has 2 nitrogen and oxygen atoms in total. The van der Waals surface area contributed by atoms with Gasteiger partial charge in [-0.2, -0.15) is 0 Å². The second-order valence-corrected chi connectivity index (χ2v) is 6.37. The van der Waals surface area contributed by atoms with Gasteiger partial charge in [-0.05, 0) is 33.3 Å². The van der Waals surface area contributed by atoms with Gasteiger partial charge in [0.05, 0.1) is 5.54 Å². The Morgan fingerprint density at radius 1 is 1.24 bits per heavy atom. The van der Waals surface area contributed by atoms with Crippen LogP contribution in [0, 0.1) is 6.92 Å². The minimum Gasteiger partial charge on any atom is -0.317 e. The molecule has 110 valence electrons. The van der Waals surface area contributed by atoms with E-state index in [1.165, 1.54) is 5.56 Å². The maximum absolute atomic E-state index is 6.55. The molecule has 1 aromatic carbocycles. The van der Waals surface area contributed by atoms with Crippen LogP contribution in [0.25, 0.3) is 10.6 Å². The Labute approximate surface area is 131 Å². The predicted molar refractivity (Wildman–Crippen MR) is 92.4 cm³/mol. The Bertz CT molecular complexity index is 661. The molecule has 1 aromatic heterocycles. The van der Waals surface area contributed by atoms with Crippen LogP contribution in [0.5, 0.6) is 0 Å². The molecule has 0 fully saturated rings. The van der Waals surface area contributed by atoms with E-state index < -0.39 is 5.54 Å². The smallest absolute Gasteiger partial charge is 0.123 e. The van der Waals surface area contributed by atoms with Crippen molar-refractivity contribution < 1.29 is 0 Å². The predicted octanol–water partition coefficient (Wildman–Crippen LogP) is 4.81. The van der Waals surface area contributed by atoms with Crippen LogP contribution in [0.1, 0.15) is 31.2 Å². The number of hydrogen-bond donors (Lipinski definition) is 1. The van der Waals surface area contributed by atoms with E-state index in [-0.39, 0.29) is 0 Å². The molecule has 2 aromatic rings. The van der Waals surface area contributed by atoms with E-state index >= 15 is 0 Å². The zero-order valence-corrected chi connectivity index (χ0v) is 13.9. The Hall–Kier alpha value is -1.71. The topological polar surface area (TPSA) is 38.9 Å². The number of nitrogens with two attached hydrogens (primary N) is 1. The lowest BCUT2D eigenvalue weighted by Crippen LogP contribution is -2.33. The number of nitrogens with zero attached hydrogens (tertiary/aromatic N) is 1. The van der Waals surface area contributed by atoms with Crippen LogP contribution >= 0.6 is 11.3 Å². The summed E-state index contributed by atoms with van der Waals surface area (Å²) in [6.07, 6.45) is 8.03. The quantitative estimate of drug-likeness (QED) is 0.822. The second kappa shape index (κ2) is 6.37. The highest BCUT2D eigenvalue weighted by atomic mass is 32.1. The molecule has 1 heterocycles. The van der Waals surface area contributed by atoms with E-state index in [2.05, 4.69) is 48.3 Å². The number of aromatic nitrogens is 1. The van der Waals surface area contributed by atoms with Crippen LogP contribution in [0.4, 0.5) is 0 Å². The summed E-state index contributed by atoms with van der Waals surface area (Å²) in [5.74, 6) is 0. The average Bonchev–Trinajstić information content (AvgIpc) is 2.96. The summed E-state index contributed by atoms with van der Waals surface area (Å²) in [5.41, 5.74) is 9.53. The molecule has 0 aliphatic carbocycles. The summed E-state index contributed by atoms with van der Waals surface area (Å²) < 4.78 is 0. The fraction of sp³-hybridized carbons (Fsp3) is 0.278. The molecule has 3 heteroatoms. The Morgan fingerprint density at radius 3 is 2.48 bits per heavy atom. The van der Waals surface area contributed by atoms with E-state index in [1.807, 2.05) is 33.0 Å². The van der Waals surface area contributed by atoms with Gasteiger partial charge >= 0.3 is 0 Å². The SMILES string of the molecule is CC=CC(=CC)C(C)(N)c1cnc(-c2ccc(C)cc2)s1. The number of thiazole rings is 1. The summed E-state index contributed by atoms with van der Waals surface area (Å²) >= 11 is 1.66. The molecule has 0 spiro atoms. The lowest BCUT2D eigenvalue weighted by atomic mass is 9.91. The third-order valence-corrected chi connectivity index (χ3v) is 4.86. The first kappa shape index (κ1) is 15.7. The number of rotatable bonds is 4. The van der Waals surface area contributed by atoms with E-state index in [0.717, 1.165) is 21.0 Å². The first-order valence-corrected chi connectivity index (χ1v) is 7.92. The van der Waals surface area contributed by atoms with Crippen molar-refractivity contribution >= 4 is 11.3 Å². The molecule has 1 unspecified atom stereocenters. The number of allylic oxidation sites excluding steroid dienone is 2. The molecule has 0 amide bonds. The van der Waals surface area contributed by atoms with Crippen molar-refractivity contribution in [2.45, 2.75) is 33.2 Å². The molecule has 21 heavy (non-hydrogen) atoms. The Balaban J connectivity index is 2.37. The van der Waals surface area contributed by atoms with Gasteiger partial charge in [0, 0.05) is 16.6 Å². The molecule has 1 atom stereocenters. The number of benzene rings is 1. The van der Waals surface area contributed by atoms with E-state index in [1.54, 1.807) is 11.3 Å². The summed E-state index contributed by atoms with van der Waals surface area (Å²) in [7, 11) is 0. The number of aryl methyl sites for hydroxylation is 1. The maximum Gasteiger partial charge on any atom is 0.123 e. The molecule has 0 saturated carbocycles. The van der Waals surface area contributed by atoms with Gasteiger partial charge in [0.25, 0.3) is 0 Å². The van der Waals surface area contributed by atoms with Crippen LogP contribution in [-0.2, 0) is 5.54 Å². The number of hydrogen-bond acceptors (Lipinski definition) is 3. The minimum absolute atomic E-state index is 0.512. The van der Waals surface area contributed by atoms with Crippen molar-refractivity contribution in [3.8, 4) is 10.6 Å². The van der Waals surface area contributed by atoms with Crippen molar-refractivity contribution in [3.05, 3.63) is 64.7 Å². The standard InChI is InChI=1S/C18H22N2S/c1-5-7-15(6-2)18(4,19)16-12-20-17(21-16)14-10-8-13(3)9-11-14/h5-12H,19H2,1-4H3. The first-order chi connectivity index (χ1) is 9.98. The Morgan fingerprint density at radius 2 is 1.90 bits per heavy atom. The largest absolute Gasteiger partial charge is 0.317 e. The lowest BCUT2D eigenvalue weighted by molar-refractivity contribution is 0.612. The zero-order chi connectivity index (χ0) is 15.5. The highest BCUT2D eigenvalue weighted by Gasteiger charge is 2.27. The summed E-state index contributed by atoms with van der Waals surface area (Å²) in [4.78, 5) is 5.62. The third kappa shape index (κ3) is 3.31. The van der Waals surface area contributed by atoms with Crippen molar-refractivity contribution in [1.82, 2.24) is 4.98 Å². The molecule has 0 aliphatic rings. The minimum atomic E-state index is -0.512. The summed E-state index contributed by atoms with van der Waals surface area (Å²) in [5, 5.41) is 1.01. The monoisotopic (exact) mass is 298 g/mol. The van der Waals surface area contributed by atoms with Crippen LogP contribution in [0.3, 0.4) is 0 Å². The van der Waals surface area contributed by atoms with Gasteiger partial charge in [-0.15, -0.1) is 11.3 Å². The normalized spacial score (nSPS) is 15.4. The van der Waals surface area contributed by atoms with Gasteiger partial charge in [-0.1, -0.05) is 48.1 Å². The van der Waals surface area contributed by atoms with Gasteiger partial charge in [0.15, 0.2) is 0 Å². The lowest BCUT2D eigenvalue weighted by Gasteiger charge is -2.24. The molecule has 0 saturated heterocycles. The van der Waals surface area contributed by atoms with Crippen LogP contribution in [-0.4, -0.2) is 4.98 Å². The molecule has 2 N–H and O–H groups in total. The van der Waals surface area contributed by atoms with Crippen LogP contribution < -0.4 is 5.73 Å². The van der Waals surface area contributed by atoms with E-state index in [0.29, 0.717) is 0 Å². The van der Waals surface area contributed by atoms with Crippen molar-refractivity contribution in [3.63, 3.8) is 0 Å². The van der Waals surface area contributed by atoms with Gasteiger partial charge < -0.3 is 5.73 Å². The van der Waals surface area contributed by atoms with Crippen LogP contribution in [0.15, 0.2) is 54.3 Å². The highest BCUT2D eigenvalue weighted by molar-refractivity contribution is 7.15. The van der Waals surface area contributed by atoms with Crippen LogP contribution in [0.2, 0.25) is 0 Å². The van der Waals surface area contributed by atoms with Crippen molar-refractivity contribution in [2.24, 2.45) is 5.73 Å². The maximum atomic E-state index is 6.55. The summed E-state index contributed by atoms with van der Waals surface area (Å²) in [6, 6.07) is 8.42. The molecule has 0 aliphatic heterocycles. The molecule has 0 bridgehead atoms. The third-order valence-electron chi connectivity index (χ3n) is 3.57. The van der Waals surface area contributed by atoms with Gasteiger partial charge in [-0.3, -0.25) is 0 Å². The van der Waals surface area contributed by atoms with Crippen molar-refractivity contribution in [2.75, 3.05) is 0 Å². The molecular formula is C18H22N2S.